The molecule has 0 rings (SSSR count). The summed E-state index contributed by atoms with van der Waals surface area (Å²) in [7, 11) is 1.87. The third-order valence-corrected chi connectivity index (χ3v) is 1.57. The Morgan fingerprint density at radius 3 is 2.33 bits per heavy atom. The first-order valence-electron chi connectivity index (χ1n) is 3.09. The Hall–Kier alpha value is -0.570. The van der Waals surface area contributed by atoms with Crippen LogP contribution >= 0.6 is 0 Å². The fourth-order valence-corrected chi connectivity index (χ4v) is 0.491. The lowest BCUT2D eigenvalue weighted by Crippen LogP contribution is -2.39. The smallest absolute Gasteiger partial charge is 0.234 e. The van der Waals surface area contributed by atoms with Crippen molar-refractivity contribution in [2.45, 2.75) is 19.9 Å². The van der Waals surface area contributed by atoms with Gasteiger partial charge in [0.15, 0.2) is 0 Å². The molecule has 0 unspecified atom stereocenters. The van der Waals surface area contributed by atoms with Crippen molar-refractivity contribution >= 4 is 5.91 Å². The van der Waals surface area contributed by atoms with Crippen LogP contribution in [0.3, 0.4) is 0 Å². The van der Waals surface area contributed by atoms with E-state index in [4.69, 9.17) is 5.73 Å². The normalized spacial score (nSPS) is 13.8. The molecule has 2 N–H and O–H groups in total. The summed E-state index contributed by atoms with van der Waals surface area (Å²) in [5, 5.41) is 0. The molecule has 0 spiro atoms. The van der Waals surface area contributed by atoms with Crippen molar-refractivity contribution in [3.05, 3.63) is 0 Å². The summed E-state index contributed by atoms with van der Waals surface area (Å²) in [5.41, 5.74) is 5.03. The standard InChI is InChI=1S/C6H14N2O/c1-4-8(3)5(2)6(7)9/h5H,4H2,1-3H3,(H2,7,9)/t5-/m1/s1. The molecule has 0 aliphatic rings. The highest BCUT2D eigenvalue weighted by Gasteiger charge is 2.11. The molecule has 0 aromatic carbocycles. The molecule has 9 heavy (non-hydrogen) atoms. The number of primary amides is 1. The Bertz CT molecular complexity index is 103. The lowest BCUT2D eigenvalue weighted by molar-refractivity contribution is -0.122. The average molecular weight is 130 g/mol. The zero-order valence-electron chi connectivity index (χ0n) is 6.22. The Balaban J connectivity index is 3.72. The molecular formula is C6H14N2O. The summed E-state index contributed by atoms with van der Waals surface area (Å²) < 4.78 is 0. The van der Waals surface area contributed by atoms with E-state index in [0.29, 0.717) is 0 Å². The zero-order valence-corrected chi connectivity index (χ0v) is 6.22. The minimum Gasteiger partial charge on any atom is -0.368 e. The third-order valence-electron chi connectivity index (χ3n) is 1.57. The summed E-state index contributed by atoms with van der Waals surface area (Å²) in [6, 6.07) is -0.144. The number of nitrogens with two attached hydrogens (primary N) is 1. The van der Waals surface area contributed by atoms with Crippen molar-refractivity contribution < 1.29 is 4.79 Å². The number of carbonyl (C=O) groups is 1. The summed E-state index contributed by atoms with van der Waals surface area (Å²) in [6.45, 7) is 4.63. The predicted octanol–water partition coefficient (Wildman–Crippen LogP) is -0.188. The van der Waals surface area contributed by atoms with Crippen LogP contribution in [0.15, 0.2) is 0 Å². The van der Waals surface area contributed by atoms with Gasteiger partial charge in [0, 0.05) is 0 Å². The molecule has 0 fully saturated rings. The molecular weight excluding hydrogens is 116 g/mol. The second kappa shape index (κ2) is 3.45. The number of hydrogen-bond donors (Lipinski definition) is 1. The van der Waals surface area contributed by atoms with E-state index >= 15 is 0 Å². The number of likely N-dealkylation sites (N-methyl/N-ethyl adjacent to an activating group) is 1. The lowest BCUT2D eigenvalue weighted by Gasteiger charge is -2.18. The first-order valence-corrected chi connectivity index (χ1v) is 3.09. The minimum atomic E-state index is -0.264. The quantitative estimate of drug-likeness (QED) is 0.575. The van der Waals surface area contributed by atoms with E-state index in [2.05, 4.69) is 0 Å². The molecule has 0 saturated carbocycles. The predicted molar refractivity (Wildman–Crippen MR) is 37.0 cm³/mol. The molecule has 0 radical (unpaired) electrons. The van der Waals surface area contributed by atoms with E-state index in [0.717, 1.165) is 6.54 Å². The van der Waals surface area contributed by atoms with Gasteiger partial charge in [-0.15, -0.1) is 0 Å². The van der Waals surface area contributed by atoms with E-state index in [9.17, 15) is 4.79 Å². The highest BCUT2D eigenvalue weighted by Crippen LogP contribution is 1.91. The van der Waals surface area contributed by atoms with Crippen molar-refractivity contribution in [3.63, 3.8) is 0 Å². The van der Waals surface area contributed by atoms with Crippen LogP contribution in [0.25, 0.3) is 0 Å². The molecule has 0 aliphatic carbocycles. The molecule has 1 amide bonds. The van der Waals surface area contributed by atoms with Gasteiger partial charge in [0.25, 0.3) is 0 Å². The Kier molecular flexibility index (Phi) is 3.24. The van der Waals surface area contributed by atoms with Gasteiger partial charge in [0.1, 0.15) is 0 Å². The van der Waals surface area contributed by atoms with Gasteiger partial charge < -0.3 is 5.73 Å². The average Bonchev–Trinajstić information content (AvgIpc) is 1.84. The van der Waals surface area contributed by atoms with Crippen LogP contribution in [0.4, 0.5) is 0 Å². The monoisotopic (exact) mass is 130 g/mol. The van der Waals surface area contributed by atoms with Gasteiger partial charge in [-0.25, -0.2) is 0 Å². The number of rotatable bonds is 3. The summed E-state index contributed by atoms with van der Waals surface area (Å²) >= 11 is 0. The summed E-state index contributed by atoms with van der Waals surface area (Å²) in [4.78, 5) is 12.4. The Morgan fingerprint density at radius 1 is 1.78 bits per heavy atom. The van der Waals surface area contributed by atoms with Crippen LogP contribution in [0.2, 0.25) is 0 Å². The topological polar surface area (TPSA) is 46.3 Å². The molecule has 3 heteroatoms. The molecule has 0 aliphatic heterocycles. The Morgan fingerprint density at radius 2 is 2.22 bits per heavy atom. The van der Waals surface area contributed by atoms with Crippen LogP contribution in [0, 0.1) is 0 Å². The first kappa shape index (κ1) is 8.43. The molecule has 0 bridgehead atoms. The fourth-order valence-electron chi connectivity index (χ4n) is 0.491. The van der Waals surface area contributed by atoms with Gasteiger partial charge in [-0.2, -0.15) is 0 Å². The molecule has 1 atom stereocenters. The number of amides is 1. The van der Waals surface area contributed by atoms with Gasteiger partial charge in [0.2, 0.25) is 5.91 Å². The maximum atomic E-state index is 10.5. The van der Waals surface area contributed by atoms with Crippen molar-refractivity contribution in [2.24, 2.45) is 5.73 Å². The molecule has 0 heterocycles. The van der Waals surface area contributed by atoms with Crippen LogP contribution in [0.5, 0.6) is 0 Å². The van der Waals surface area contributed by atoms with Crippen molar-refractivity contribution in [3.8, 4) is 0 Å². The molecule has 3 nitrogen and oxygen atoms in total. The number of nitrogens with zero attached hydrogens (tertiary/aromatic N) is 1. The van der Waals surface area contributed by atoms with E-state index in [1.165, 1.54) is 0 Å². The molecule has 0 aromatic rings. The number of carbonyl (C=O) groups excluding carboxylic acids is 1. The van der Waals surface area contributed by atoms with Crippen molar-refractivity contribution in [1.82, 2.24) is 4.90 Å². The largest absolute Gasteiger partial charge is 0.368 e. The molecule has 0 saturated heterocycles. The van der Waals surface area contributed by atoms with Gasteiger partial charge in [-0.1, -0.05) is 6.92 Å². The number of hydrogen-bond acceptors (Lipinski definition) is 2. The lowest BCUT2D eigenvalue weighted by atomic mass is 10.3. The second-order valence-corrected chi connectivity index (χ2v) is 2.15. The fraction of sp³-hybridized carbons (Fsp3) is 0.833. The van der Waals surface area contributed by atoms with E-state index in [1.807, 2.05) is 18.9 Å². The second-order valence-electron chi connectivity index (χ2n) is 2.15. The van der Waals surface area contributed by atoms with Crippen LogP contribution in [-0.4, -0.2) is 30.4 Å². The minimum absolute atomic E-state index is 0.144. The Labute approximate surface area is 55.8 Å². The molecule has 0 aromatic heterocycles. The van der Waals surface area contributed by atoms with Gasteiger partial charge >= 0.3 is 0 Å². The van der Waals surface area contributed by atoms with E-state index in [-0.39, 0.29) is 11.9 Å². The van der Waals surface area contributed by atoms with Gasteiger partial charge in [-0.05, 0) is 20.5 Å². The van der Waals surface area contributed by atoms with E-state index < -0.39 is 0 Å². The highest BCUT2D eigenvalue weighted by atomic mass is 16.1. The van der Waals surface area contributed by atoms with Crippen molar-refractivity contribution in [1.29, 1.82) is 0 Å². The highest BCUT2D eigenvalue weighted by molar-refractivity contribution is 5.79. The van der Waals surface area contributed by atoms with Gasteiger partial charge in [-0.3, -0.25) is 9.69 Å². The maximum absolute atomic E-state index is 10.5. The third kappa shape index (κ3) is 2.46. The van der Waals surface area contributed by atoms with Crippen LogP contribution < -0.4 is 5.73 Å². The van der Waals surface area contributed by atoms with Crippen LogP contribution in [-0.2, 0) is 4.79 Å². The summed E-state index contributed by atoms with van der Waals surface area (Å²) in [6.07, 6.45) is 0. The molecule has 54 valence electrons. The maximum Gasteiger partial charge on any atom is 0.234 e. The summed E-state index contributed by atoms with van der Waals surface area (Å²) in [5.74, 6) is -0.264. The van der Waals surface area contributed by atoms with Crippen LogP contribution in [0.1, 0.15) is 13.8 Å². The SMILES string of the molecule is CCN(C)[C@H](C)C(N)=O. The van der Waals surface area contributed by atoms with E-state index in [1.54, 1.807) is 6.92 Å². The van der Waals surface area contributed by atoms with Crippen molar-refractivity contribution in [2.75, 3.05) is 13.6 Å². The zero-order chi connectivity index (χ0) is 7.44. The van der Waals surface area contributed by atoms with Gasteiger partial charge in [0.05, 0.1) is 6.04 Å². The first-order chi connectivity index (χ1) is 4.09.